The number of rotatable bonds is 5. The van der Waals surface area contributed by atoms with E-state index in [9.17, 15) is 4.79 Å². The Kier molecular flexibility index (Phi) is 4.56. The summed E-state index contributed by atoms with van der Waals surface area (Å²) in [6.45, 7) is 7.03. The lowest BCUT2D eigenvalue weighted by Crippen LogP contribution is -2.30. The zero-order chi connectivity index (χ0) is 16.4. The van der Waals surface area contributed by atoms with Crippen molar-refractivity contribution in [2.75, 3.05) is 26.7 Å². The Morgan fingerprint density at radius 1 is 1.39 bits per heavy atom. The van der Waals surface area contributed by atoms with Crippen LogP contribution in [0.15, 0.2) is 12.4 Å². The van der Waals surface area contributed by atoms with Crippen LogP contribution in [0.2, 0.25) is 0 Å². The molecular weight excluding hydrogens is 292 g/mol. The van der Waals surface area contributed by atoms with Crippen molar-refractivity contribution in [3.05, 3.63) is 18.1 Å². The van der Waals surface area contributed by atoms with Gasteiger partial charge in [0, 0.05) is 37.3 Å². The number of carbonyl (C=O) groups is 1. The molecule has 2 aromatic rings. The summed E-state index contributed by atoms with van der Waals surface area (Å²) in [7, 11) is 2.13. The van der Waals surface area contributed by atoms with Crippen LogP contribution in [0.25, 0.3) is 11.2 Å². The minimum atomic E-state index is -0.00579. The van der Waals surface area contributed by atoms with Crippen molar-refractivity contribution in [2.45, 2.75) is 32.7 Å². The smallest absolute Gasteiger partial charge is 0.222 e. The number of hydrogen-bond donors (Lipinski definition) is 1. The fourth-order valence-corrected chi connectivity index (χ4v) is 3.00. The van der Waals surface area contributed by atoms with Crippen LogP contribution in [0.3, 0.4) is 0 Å². The molecule has 1 amide bonds. The molecule has 0 aromatic carbocycles. The van der Waals surface area contributed by atoms with Gasteiger partial charge in [0.15, 0.2) is 5.65 Å². The highest BCUT2D eigenvalue weighted by atomic mass is 16.1. The lowest BCUT2D eigenvalue weighted by Gasteiger charge is -2.08. The maximum atomic E-state index is 11.7. The van der Waals surface area contributed by atoms with Crippen LogP contribution in [0.4, 0.5) is 0 Å². The molecule has 0 bridgehead atoms. The Morgan fingerprint density at radius 2 is 2.17 bits per heavy atom. The molecule has 1 aliphatic rings. The van der Waals surface area contributed by atoms with Gasteiger partial charge in [-0.1, -0.05) is 13.8 Å². The van der Waals surface area contributed by atoms with Crippen molar-refractivity contribution >= 4 is 17.1 Å². The summed E-state index contributed by atoms with van der Waals surface area (Å²) in [6.07, 6.45) is 4.51. The van der Waals surface area contributed by atoms with Gasteiger partial charge in [0.1, 0.15) is 5.52 Å². The fourth-order valence-electron chi connectivity index (χ4n) is 3.00. The summed E-state index contributed by atoms with van der Waals surface area (Å²) in [4.78, 5) is 22.9. The van der Waals surface area contributed by atoms with Crippen molar-refractivity contribution in [2.24, 2.45) is 5.92 Å². The van der Waals surface area contributed by atoms with Gasteiger partial charge in [0.2, 0.25) is 5.91 Å². The van der Waals surface area contributed by atoms with Crippen LogP contribution < -0.4 is 5.32 Å². The molecule has 1 aliphatic heterocycles. The molecule has 0 unspecified atom stereocenters. The summed E-state index contributed by atoms with van der Waals surface area (Å²) in [5.41, 5.74) is 2.73. The molecule has 0 saturated carbocycles. The Labute approximate surface area is 136 Å². The van der Waals surface area contributed by atoms with Crippen molar-refractivity contribution in [1.29, 1.82) is 0 Å². The van der Waals surface area contributed by atoms with Crippen LogP contribution in [-0.2, 0) is 11.3 Å². The molecule has 7 nitrogen and oxygen atoms in total. The predicted molar refractivity (Wildman–Crippen MR) is 88.0 cm³/mol. The third kappa shape index (κ3) is 3.34. The monoisotopic (exact) mass is 316 g/mol. The average molecular weight is 316 g/mol. The molecule has 0 radical (unpaired) electrons. The normalized spacial score (nSPS) is 18.9. The third-order valence-corrected chi connectivity index (χ3v) is 4.32. The molecule has 1 atom stereocenters. The molecule has 1 N–H and O–H groups in total. The third-order valence-electron chi connectivity index (χ3n) is 4.32. The topological polar surface area (TPSA) is 75.9 Å². The van der Waals surface area contributed by atoms with Crippen LogP contribution >= 0.6 is 0 Å². The van der Waals surface area contributed by atoms with Crippen molar-refractivity contribution in [3.63, 3.8) is 0 Å². The first-order valence-electron chi connectivity index (χ1n) is 8.20. The van der Waals surface area contributed by atoms with Crippen LogP contribution in [0, 0.1) is 5.92 Å². The molecule has 3 heterocycles. The van der Waals surface area contributed by atoms with Gasteiger partial charge in [-0.05, 0) is 20.0 Å². The number of hydrogen-bond acceptors (Lipinski definition) is 5. The van der Waals surface area contributed by atoms with Crippen molar-refractivity contribution < 1.29 is 4.79 Å². The molecule has 124 valence electrons. The number of fused-ring (bicyclic) bond motifs is 1. The second-order valence-corrected chi connectivity index (χ2v) is 6.53. The number of likely N-dealkylation sites (N-methyl/N-ethyl adjacent to an activating group) is 1. The lowest BCUT2D eigenvalue weighted by molar-refractivity contribution is -0.124. The Hall–Kier alpha value is -2.02. The maximum absolute atomic E-state index is 11.7. The molecule has 0 spiro atoms. The van der Waals surface area contributed by atoms with Gasteiger partial charge in [0.25, 0.3) is 0 Å². The second-order valence-electron chi connectivity index (χ2n) is 6.53. The minimum Gasteiger partial charge on any atom is -0.354 e. The van der Waals surface area contributed by atoms with E-state index in [2.05, 4.69) is 27.2 Å². The van der Waals surface area contributed by atoms with Gasteiger partial charge in [-0.2, -0.15) is 5.10 Å². The van der Waals surface area contributed by atoms with Crippen LogP contribution in [0.5, 0.6) is 0 Å². The summed E-state index contributed by atoms with van der Waals surface area (Å²) in [5.74, 6) is 0.463. The molecule has 7 heteroatoms. The number of nitrogens with zero attached hydrogens (tertiary/aromatic N) is 5. The highest BCUT2D eigenvalue weighted by Gasteiger charge is 2.27. The first-order chi connectivity index (χ1) is 11.1. The van der Waals surface area contributed by atoms with Gasteiger partial charge in [-0.15, -0.1) is 0 Å². The van der Waals surface area contributed by atoms with Crippen molar-refractivity contribution in [3.8, 4) is 0 Å². The quantitative estimate of drug-likeness (QED) is 0.891. The number of aromatic nitrogens is 4. The van der Waals surface area contributed by atoms with Crippen LogP contribution in [0.1, 0.15) is 31.9 Å². The standard InChI is InChI=1S/C16H24N6O/c1-11(2)16(23)19-7-9-22-15-14(17-5-6-18-15)13(20-22)12-4-8-21(3)10-12/h5-6,11-12H,4,7-10H2,1-3H3,(H,19,23)/t12-/m0/s1. The number of nitrogens with one attached hydrogen (secondary N) is 1. The van der Waals surface area contributed by atoms with Crippen molar-refractivity contribution in [1.82, 2.24) is 30.0 Å². The van der Waals surface area contributed by atoms with E-state index in [1.54, 1.807) is 12.4 Å². The SMILES string of the molecule is CC(C)C(=O)NCCn1nc([C@H]2CCN(C)C2)c2nccnc21. The molecule has 1 fully saturated rings. The highest BCUT2D eigenvalue weighted by Crippen LogP contribution is 2.29. The van der Waals surface area contributed by atoms with Gasteiger partial charge >= 0.3 is 0 Å². The van der Waals surface area contributed by atoms with E-state index in [4.69, 9.17) is 5.10 Å². The summed E-state index contributed by atoms with van der Waals surface area (Å²) in [5, 5.41) is 7.69. The highest BCUT2D eigenvalue weighted by molar-refractivity contribution is 5.77. The second kappa shape index (κ2) is 6.62. The molecule has 1 saturated heterocycles. The molecule has 0 aliphatic carbocycles. The molecule has 2 aromatic heterocycles. The predicted octanol–water partition coefficient (Wildman–Crippen LogP) is 1.02. The van der Waals surface area contributed by atoms with E-state index < -0.39 is 0 Å². The maximum Gasteiger partial charge on any atom is 0.222 e. The van der Waals surface area contributed by atoms with Gasteiger partial charge < -0.3 is 10.2 Å². The van der Waals surface area contributed by atoms with E-state index >= 15 is 0 Å². The summed E-state index contributed by atoms with van der Waals surface area (Å²) >= 11 is 0. The van der Waals surface area contributed by atoms with E-state index in [-0.39, 0.29) is 11.8 Å². The van der Waals surface area contributed by atoms with Gasteiger partial charge in [0.05, 0.1) is 12.2 Å². The lowest BCUT2D eigenvalue weighted by atomic mass is 10.0. The van der Waals surface area contributed by atoms with E-state index in [1.165, 1.54) is 0 Å². The van der Waals surface area contributed by atoms with E-state index in [0.29, 0.717) is 19.0 Å². The number of amides is 1. The number of carbonyl (C=O) groups excluding carboxylic acids is 1. The first-order valence-corrected chi connectivity index (χ1v) is 8.20. The minimum absolute atomic E-state index is 0.00579. The zero-order valence-electron chi connectivity index (χ0n) is 14.0. The summed E-state index contributed by atoms with van der Waals surface area (Å²) < 4.78 is 1.87. The molecule has 23 heavy (non-hydrogen) atoms. The molecule has 3 rings (SSSR count). The summed E-state index contributed by atoms with van der Waals surface area (Å²) in [6, 6.07) is 0. The average Bonchev–Trinajstić information content (AvgIpc) is 3.11. The Bertz CT molecular complexity index is 695. The van der Waals surface area contributed by atoms with Crippen LogP contribution in [-0.4, -0.2) is 57.2 Å². The Morgan fingerprint density at radius 3 is 2.87 bits per heavy atom. The van der Waals surface area contributed by atoms with Gasteiger partial charge in [-0.25, -0.2) is 14.6 Å². The first kappa shape index (κ1) is 15.9. The Balaban J connectivity index is 1.79. The zero-order valence-corrected chi connectivity index (χ0v) is 14.0. The van der Waals surface area contributed by atoms with E-state index in [0.717, 1.165) is 36.4 Å². The van der Waals surface area contributed by atoms with Gasteiger partial charge in [-0.3, -0.25) is 4.79 Å². The fraction of sp³-hybridized carbons (Fsp3) is 0.625. The van der Waals surface area contributed by atoms with E-state index in [1.807, 2.05) is 18.5 Å². The molecular formula is C16H24N6O. The number of likely N-dealkylation sites (tertiary alicyclic amines) is 1. The largest absolute Gasteiger partial charge is 0.354 e.